The molecule has 0 aliphatic carbocycles. The Bertz CT molecular complexity index is 405. The first-order chi connectivity index (χ1) is 9.98. The molecule has 21 heavy (non-hydrogen) atoms. The molecule has 1 aliphatic heterocycles. The fraction of sp³-hybridized carbons (Fsp3) is 0.684. The molecule has 2 rings (SSSR count). The first kappa shape index (κ1) is 16.5. The fourth-order valence-corrected chi connectivity index (χ4v) is 3.20. The van der Waals surface area contributed by atoms with Crippen LogP contribution >= 0.6 is 0 Å². The van der Waals surface area contributed by atoms with E-state index in [0.29, 0.717) is 17.4 Å². The predicted octanol–water partition coefficient (Wildman–Crippen LogP) is 4.10. The highest BCUT2D eigenvalue weighted by molar-refractivity contribution is 5.19. The van der Waals surface area contributed by atoms with E-state index in [-0.39, 0.29) is 0 Å². The van der Waals surface area contributed by atoms with Crippen LogP contribution in [0.5, 0.6) is 0 Å². The Morgan fingerprint density at radius 3 is 2.33 bits per heavy atom. The Hall–Kier alpha value is -0.860. The zero-order valence-corrected chi connectivity index (χ0v) is 14.2. The third kappa shape index (κ3) is 5.12. The molecule has 0 radical (unpaired) electrons. The summed E-state index contributed by atoms with van der Waals surface area (Å²) in [5, 5.41) is 3.87. The summed E-state index contributed by atoms with van der Waals surface area (Å²) >= 11 is 0. The average Bonchev–Trinajstić information content (AvgIpc) is 2.48. The lowest BCUT2D eigenvalue weighted by Crippen LogP contribution is -2.43. The van der Waals surface area contributed by atoms with Crippen molar-refractivity contribution in [2.45, 2.75) is 46.1 Å². The van der Waals surface area contributed by atoms with Crippen molar-refractivity contribution in [3.63, 3.8) is 0 Å². The van der Waals surface area contributed by atoms with Gasteiger partial charge in [0.2, 0.25) is 0 Å². The van der Waals surface area contributed by atoms with Gasteiger partial charge in [-0.15, -0.1) is 0 Å². The highest BCUT2D eigenvalue weighted by Gasteiger charge is 2.29. The first-order valence-electron chi connectivity index (χ1n) is 8.45. The van der Waals surface area contributed by atoms with E-state index in [4.69, 9.17) is 0 Å². The molecule has 118 valence electrons. The summed E-state index contributed by atoms with van der Waals surface area (Å²) in [5.74, 6) is 0.716. The second kappa shape index (κ2) is 7.42. The summed E-state index contributed by atoms with van der Waals surface area (Å²) in [6.45, 7) is 10.7. The lowest BCUT2D eigenvalue weighted by atomic mass is 9.80. The fourth-order valence-electron chi connectivity index (χ4n) is 3.20. The van der Waals surface area contributed by atoms with Crippen LogP contribution < -0.4 is 5.32 Å². The smallest absolute Gasteiger partial charge is 0.0322 e. The van der Waals surface area contributed by atoms with Gasteiger partial charge in [-0.3, -0.25) is 0 Å². The van der Waals surface area contributed by atoms with Crippen molar-refractivity contribution in [2.24, 2.45) is 11.3 Å². The molecular weight excluding hydrogens is 256 g/mol. The van der Waals surface area contributed by atoms with Gasteiger partial charge in [0.25, 0.3) is 0 Å². The van der Waals surface area contributed by atoms with Crippen molar-refractivity contribution in [2.75, 3.05) is 26.7 Å². The number of hydrogen-bond donors (Lipinski definition) is 1. The summed E-state index contributed by atoms with van der Waals surface area (Å²) < 4.78 is 0. The van der Waals surface area contributed by atoms with E-state index in [2.05, 4.69) is 68.4 Å². The Labute approximate surface area is 130 Å². The molecule has 1 fully saturated rings. The Morgan fingerprint density at radius 1 is 1.14 bits per heavy atom. The molecule has 1 unspecified atom stereocenters. The number of piperidine rings is 1. The largest absolute Gasteiger partial charge is 0.309 e. The van der Waals surface area contributed by atoms with Crippen LogP contribution in [0.3, 0.4) is 0 Å². The van der Waals surface area contributed by atoms with Gasteiger partial charge in [-0.1, -0.05) is 51.1 Å². The summed E-state index contributed by atoms with van der Waals surface area (Å²) in [7, 11) is 2.23. The lowest BCUT2D eigenvalue weighted by molar-refractivity contribution is 0.132. The van der Waals surface area contributed by atoms with E-state index >= 15 is 0 Å². The van der Waals surface area contributed by atoms with Crippen LogP contribution in [0.2, 0.25) is 0 Å². The molecule has 1 N–H and O–H groups in total. The van der Waals surface area contributed by atoms with Crippen molar-refractivity contribution in [1.29, 1.82) is 0 Å². The van der Waals surface area contributed by atoms with E-state index < -0.39 is 0 Å². The molecule has 1 saturated heterocycles. The van der Waals surface area contributed by atoms with E-state index in [1.165, 1.54) is 37.9 Å². The van der Waals surface area contributed by atoms with E-state index in [1.54, 1.807) is 0 Å². The number of nitrogens with one attached hydrogen (secondary N) is 1. The molecule has 2 nitrogen and oxygen atoms in total. The van der Waals surface area contributed by atoms with Crippen molar-refractivity contribution in [1.82, 2.24) is 10.2 Å². The summed E-state index contributed by atoms with van der Waals surface area (Å²) in [5.41, 5.74) is 1.89. The molecule has 0 saturated carbocycles. The zero-order chi connectivity index (χ0) is 15.3. The minimum Gasteiger partial charge on any atom is -0.309 e. The van der Waals surface area contributed by atoms with Gasteiger partial charge in [-0.25, -0.2) is 0 Å². The maximum atomic E-state index is 3.87. The molecule has 1 aromatic carbocycles. The van der Waals surface area contributed by atoms with Crippen LogP contribution in [0.1, 0.15) is 51.6 Å². The van der Waals surface area contributed by atoms with Crippen molar-refractivity contribution < 1.29 is 0 Å². The average molecular weight is 288 g/mol. The minimum absolute atomic E-state index is 0.455. The van der Waals surface area contributed by atoms with Crippen LogP contribution in [0.15, 0.2) is 30.3 Å². The summed E-state index contributed by atoms with van der Waals surface area (Å²) in [6.07, 6.45) is 3.82. The highest BCUT2D eigenvalue weighted by Crippen LogP contribution is 2.31. The molecule has 1 atom stereocenters. The summed E-state index contributed by atoms with van der Waals surface area (Å²) in [6, 6.07) is 11.4. The van der Waals surface area contributed by atoms with Gasteiger partial charge in [-0.2, -0.15) is 0 Å². The molecule has 1 aliphatic rings. The molecule has 2 heteroatoms. The van der Waals surface area contributed by atoms with Gasteiger partial charge in [0.05, 0.1) is 0 Å². The van der Waals surface area contributed by atoms with Gasteiger partial charge in [0, 0.05) is 12.6 Å². The van der Waals surface area contributed by atoms with E-state index in [9.17, 15) is 0 Å². The van der Waals surface area contributed by atoms with Crippen molar-refractivity contribution >= 4 is 0 Å². The number of benzene rings is 1. The van der Waals surface area contributed by atoms with Crippen molar-refractivity contribution in [3.05, 3.63) is 35.9 Å². The van der Waals surface area contributed by atoms with Gasteiger partial charge >= 0.3 is 0 Å². The topological polar surface area (TPSA) is 15.3 Å². The van der Waals surface area contributed by atoms with Crippen LogP contribution in [-0.4, -0.2) is 31.6 Å². The third-order valence-corrected chi connectivity index (χ3v) is 4.88. The molecule has 1 aromatic rings. The Kier molecular flexibility index (Phi) is 5.83. The number of rotatable bonds is 6. The van der Waals surface area contributed by atoms with Crippen molar-refractivity contribution in [3.8, 4) is 0 Å². The standard InChI is InChI=1S/C19H32N2/c1-16(2)14-18(17-8-6-5-7-9-17)20-15-19(3)10-12-21(4)13-11-19/h5-9,16,18,20H,10-15H2,1-4H3. The van der Waals surface area contributed by atoms with Gasteiger partial charge < -0.3 is 10.2 Å². The first-order valence-corrected chi connectivity index (χ1v) is 8.45. The van der Waals surface area contributed by atoms with Gasteiger partial charge in [0.15, 0.2) is 0 Å². The second-order valence-corrected chi connectivity index (χ2v) is 7.59. The molecular formula is C19H32N2. The predicted molar refractivity (Wildman–Crippen MR) is 91.5 cm³/mol. The van der Waals surface area contributed by atoms with Gasteiger partial charge in [0.1, 0.15) is 0 Å². The van der Waals surface area contributed by atoms with Crippen LogP contribution in [0, 0.1) is 11.3 Å². The maximum absolute atomic E-state index is 3.87. The summed E-state index contributed by atoms with van der Waals surface area (Å²) in [4.78, 5) is 2.45. The number of likely N-dealkylation sites (tertiary alicyclic amines) is 1. The molecule has 0 aromatic heterocycles. The zero-order valence-electron chi connectivity index (χ0n) is 14.2. The SMILES string of the molecule is CC(C)CC(NCC1(C)CCN(C)CC1)c1ccccc1. The Balaban J connectivity index is 1.96. The minimum atomic E-state index is 0.455. The lowest BCUT2D eigenvalue weighted by Gasteiger charge is -2.39. The Morgan fingerprint density at radius 2 is 1.76 bits per heavy atom. The van der Waals surface area contributed by atoms with Gasteiger partial charge in [-0.05, 0) is 56.3 Å². The monoisotopic (exact) mass is 288 g/mol. The maximum Gasteiger partial charge on any atom is 0.0322 e. The van der Waals surface area contributed by atoms with E-state index in [0.717, 1.165) is 6.54 Å². The quantitative estimate of drug-likeness (QED) is 0.848. The number of nitrogens with zero attached hydrogens (tertiary/aromatic N) is 1. The normalized spacial score (nSPS) is 20.6. The molecule has 1 heterocycles. The highest BCUT2D eigenvalue weighted by atomic mass is 15.1. The third-order valence-electron chi connectivity index (χ3n) is 4.88. The second-order valence-electron chi connectivity index (χ2n) is 7.59. The van der Waals surface area contributed by atoms with E-state index in [1.807, 2.05) is 0 Å². The van der Waals surface area contributed by atoms with Crippen LogP contribution in [-0.2, 0) is 0 Å². The molecule has 0 spiro atoms. The number of hydrogen-bond acceptors (Lipinski definition) is 2. The molecule has 0 bridgehead atoms. The van der Waals surface area contributed by atoms with Crippen LogP contribution in [0.25, 0.3) is 0 Å². The molecule has 0 amide bonds. The van der Waals surface area contributed by atoms with Crippen LogP contribution in [0.4, 0.5) is 0 Å².